The summed E-state index contributed by atoms with van der Waals surface area (Å²) in [6.45, 7) is 3.78. The van der Waals surface area contributed by atoms with Gasteiger partial charge < -0.3 is 10.5 Å². The number of rotatable bonds is 2. The summed E-state index contributed by atoms with van der Waals surface area (Å²) in [7, 11) is 0. The third-order valence-electron chi connectivity index (χ3n) is 2.60. The highest BCUT2D eigenvalue weighted by molar-refractivity contribution is 5.02. The standard InChI is InChI=1S/C7H13F2NO/c1-6(3-11-4-6)7(2,10)5(8)9/h5H,3-4,10H2,1-2H3. The fourth-order valence-electron chi connectivity index (χ4n) is 0.983. The molecular formula is C7H13F2NO. The van der Waals surface area contributed by atoms with Gasteiger partial charge in [0.1, 0.15) is 0 Å². The Labute approximate surface area is 64.7 Å². The molecule has 1 atom stereocenters. The predicted octanol–water partition coefficient (Wildman–Crippen LogP) is 1.01. The SMILES string of the molecule is CC1(C(C)(N)C(F)F)COC1. The van der Waals surface area contributed by atoms with Crippen LogP contribution in [0, 0.1) is 5.41 Å². The van der Waals surface area contributed by atoms with Crippen LogP contribution in [0.3, 0.4) is 0 Å². The largest absolute Gasteiger partial charge is 0.380 e. The lowest BCUT2D eigenvalue weighted by Gasteiger charge is -2.49. The van der Waals surface area contributed by atoms with Crippen LogP contribution in [0.2, 0.25) is 0 Å². The smallest absolute Gasteiger partial charge is 0.256 e. The van der Waals surface area contributed by atoms with Crippen LogP contribution in [0.1, 0.15) is 13.8 Å². The molecule has 0 aliphatic carbocycles. The molecule has 0 saturated carbocycles. The third-order valence-corrected chi connectivity index (χ3v) is 2.60. The van der Waals surface area contributed by atoms with E-state index in [4.69, 9.17) is 10.5 Å². The van der Waals surface area contributed by atoms with Crippen molar-refractivity contribution in [2.75, 3.05) is 13.2 Å². The second kappa shape index (κ2) is 2.38. The quantitative estimate of drug-likeness (QED) is 0.662. The summed E-state index contributed by atoms with van der Waals surface area (Å²) < 4.78 is 29.6. The monoisotopic (exact) mass is 165 g/mol. The molecule has 1 fully saturated rings. The van der Waals surface area contributed by atoms with Crippen LogP contribution >= 0.6 is 0 Å². The van der Waals surface area contributed by atoms with Crippen molar-refractivity contribution in [3.05, 3.63) is 0 Å². The summed E-state index contributed by atoms with van der Waals surface area (Å²) in [5.41, 5.74) is 3.49. The molecule has 1 heterocycles. The van der Waals surface area contributed by atoms with Gasteiger partial charge >= 0.3 is 0 Å². The molecule has 1 aliphatic heterocycles. The third kappa shape index (κ3) is 1.14. The van der Waals surface area contributed by atoms with Crippen LogP contribution < -0.4 is 5.73 Å². The summed E-state index contributed by atoms with van der Waals surface area (Å²) in [5.74, 6) is 0. The first-order chi connectivity index (χ1) is 4.90. The van der Waals surface area contributed by atoms with Crippen molar-refractivity contribution in [2.24, 2.45) is 11.1 Å². The van der Waals surface area contributed by atoms with Gasteiger partial charge in [-0.25, -0.2) is 8.78 Å². The van der Waals surface area contributed by atoms with E-state index in [0.717, 1.165) is 0 Å². The molecule has 0 aromatic rings. The van der Waals surface area contributed by atoms with Crippen LogP contribution in [-0.2, 0) is 4.74 Å². The van der Waals surface area contributed by atoms with Gasteiger partial charge in [-0.15, -0.1) is 0 Å². The summed E-state index contributed by atoms with van der Waals surface area (Å²) in [4.78, 5) is 0. The van der Waals surface area contributed by atoms with Gasteiger partial charge in [0.05, 0.1) is 18.8 Å². The number of ether oxygens (including phenoxy) is 1. The highest BCUT2D eigenvalue weighted by Gasteiger charge is 2.52. The maximum atomic E-state index is 12.3. The summed E-state index contributed by atoms with van der Waals surface area (Å²) in [5, 5.41) is 0. The van der Waals surface area contributed by atoms with Crippen LogP contribution in [0.25, 0.3) is 0 Å². The van der Waals surface area contributed by atoms with Gasteiger partial charge in [-0.2, -0.15) is 0 Å². The van der Waals surface area contributed by atoms with E-state index in [-0.39, 0.29) is 0 Å². The van der Waals surface area contributed by atoms with Crippen molar-refractivity contribution in [2.45, 2.75) is 25.8 Å². The number of hydrogen-bond acceptors (Lipinski definition) is 2. The summed E-state index contributed by atoms with van der Waals surface area (Å²) in [6, 6.07) is 0. The molecular weight excluding hydrogens is 152 g/mol. The van der Waals surface area contributed by atoms with Crippen LogP contribution in [0.5, 0.6) is 0 Å². The minimum atomic E-state index is -2.49. The van der Waals surface area contributed by atoms with Crippen LogP contribution in [-0.4, -0.2) is 25.2 Å². The molecule has 11 heavy (non-hydrogen) atoms. The molecule has 1 unspecified atom stereocenters. The number of hydrogen-bond donors (Lipinski definition) is 1. The predicted molar refractivity (Wildman–Crippen MR) is 37.5 cm³/mol. The number of nitrogens with two attached hydrogens (primary N) is 1. The van der Waals surface area contributed by atoms with Crippen molar-refractivity contribution in [3.8, 4) is 0 Å². The van der Waals surface area contributed by atoms with Gasteiger partial charge in [0.15, 0.2) is 0 Å². The number of halogens is 2. The Morgan fingerprint density at radius 1 is 1.55 bits per heavy atom. The van der Waals surface area contributed by atoms with E-state index in [1.165, 1.54) is 6.92 Å². The number of alkyl halides is 2. The van der Waals surface area contributed by atoms with Crippen LogP contribution in [0.15, 0.2) is 0 Å². The molecule has 0 amide bonds. The average Bonchev–Trinajstić information content (AvgIpc) is 1.82. The topological polar surface area (TPSA) is 35.2 Å². The first-order valence-corrected chi connectivity index (χ1v) is 3.55. The van der Waals surface area contributed by atoms with Crippen molar-refractivity contribution in [3.63, 3.8) is 0 Å². The van der Waals surface area contributed by atoms with Crippen molar-refractivity contribution in [1.82, 2.24) is 0 Å². The average molecular weight is 165 g/mol. The van der Waals surface area contributed by atoms with Gasteiger partial charge in [-0.1, -0.05) is 6.92 Å². The van der Waals surface area contributed by atoms with E-state index < -0.39 is 17.4 Å². The molecule has 1 rings (SSSR count). The molecule has 0 radical (unpaired) electrons. The van der Waals surface area contributed by atoms with Crippen molar-refractivity contribution in [1.29, 1.82) is 0 Å². The van der Waals surface area contributed by atoms with Gasteiger partial charge in [-0.3, -0.25) is 0 Å². The Balaban J connectivity index is 2.70. The van der Waals surface area contributed by atoms with Crippen LogP contribution in [0.4, 0.5) is 8.78 Å². The summed E-state index contributed by atoms with van der Waals surface area (Å²) in [6.07, 6.45) is -2.49. The molecule has 2 nitrogen and oxygen atoms in total. The molecule has 2 N–H and O–H groups in total. The molecule has 0 aromatic carbocycles. The van der Waals surface area contributed by atoms with E-state index in [2.05, 4.69) is 0 Å². The van der Waals surface area contributed by atoms with Gasteiger partial charge in [-0.05, 0) is 6.92 Å². The normalized spacial score (nSPS) is 27.8. The van der Waals surface area contributed by atoms with E-state index in [0.29, 0.717) is 13.2 Å². The van der Waals surface area contributed by atoms with E-state index >= 15 is 0 Å². The maximum absolute atomic E-state index is 12.3. The zero-order chi connectivity index (χ0) is 8.70. The van der Waals surface area contributed by atoms with E-state index in [1.807, 2.05) is 0 Å². The summed E-state index contributed by atoms with van der Waals surface area (Å²) >= 11 is 0. The minimum absolute atomic E-state index is 0.338. The molecule has 1 saturated heterocycles. The second-order valence-electron chi connectivity index (χ2n) is 3.64. The Morgan fingerprint density at radius 3 is 2.09 bits per heavy atom. The highest BCUT2D eigenvalue weighted by atomic mass is 19.3. The lowest BCUT2D eigenvalue weighted by molar-refractivity contribution is -0.170. The zero-order valence-corrected chi connectivity index (χ0v) is 6.73. The first-order valence-electron chi connectivity index (χ1n) is 3.55. The van der Waals surface area contributed by atoms with Gasteiger partial charge in [0, 0.05) is 5.41 Å². The molecule has 0 aromatic heterocycles. The lowest BCUT2D eigenvalue weighted by atomic mass is 9.71. The highest BCUT2D eigenvalue weighted by Crippen LogP contribution is 2.39. The molecule has 4 heteroatoms. The van der Waals surface area contributed by atoms with Crippen molar-refractivity contribution >= 4 is 0 Å². The lowest BCUT2D eigenvalue weighted by Crippen LogP contribution is -2.65. The fraction of sp³-hybridized carbons (Fsp3) is 1.00. The van der Waals surface area contributed by atoms with Gasteiger partial charge in [0.25, 0.3) is 6.43 Å². The first kappa shape index (κ1) is 8.87. The Kier molecular flexibility index (Phi) is 1.92. The van der Waals surface area contributed by atoms with E-state index in [1.54, 1.807) is 6.92 Å². The Hall–Kier alpha value is -0.220. The molecule has 1 aliphatic rings. The van der Waals surface area contributed by atoms with E-state index in [9.17, 15) is 8.78 Å². The maximum Gasteiger partial charge on any atom is 0.256 e. The molecule has 66 valence electrons. The Bertz CT molecular complexity index is 155. The second-order valence-corrected chi connectivity index (χ2v) is 3.64. The Morgan fingerprint density at radius 2 is 2.00 bits per heavy atom. The molecule has 0 bridgehead atoms. The van der Waals surface area contributed by atoms with Crippen molar-refractivity contribution < 1.29 is 13.5 Å². The minimum Gasteiger partial charge on any atom is -0.380 e. The fourth-order valence-corrected chi connectivity index (χ4v) is 0.983. The van der Waals surface area contributed by atoms with Gasteiger partial charge in [0.2, 0.25) is 0 Å². The zero-order valence-electron chi connectivity index (χ0n) is 6.73. The molecule has 0 spiro atoms.